The molecule has 0 saturated carbocycles. The first-order valence-corrected chi connectivity index (χ1v) is 12.2. The molecule has 5 rings (SSSR count). The number of alkyl halides is 5. The Labute approximate surface area is 242 Å². The SMILES string of the molecule is [2H]C([2H])([2H])n1nccc1-c1cn([C@@H](CCOC(F)F)c2ccc(-c3c(-n4cc(C(F)(F)F)nn4)ccc(Cl)c3F)c[n+]2[O-])cn1. The number of pyridine rings is 1. The highest BCUT2D eigenvalue weighted by Gasteiger charge is 2.35. The fourth-order valence-electron chi connectivity index (χ4n) is 4.27. The number of halogens is 7. The molecule has 0 aliphatic heterocycles. The second kappa shape index (κ2) is 11.4. The molecule has 17 heteroatoms. The van der Waals surface area contributed by atoms with Crippen molar-refractivity contribution in [1.29, 1.82) is 0 Å². The highest BCUT2D eigenvalue weighted by atomic mass is 35.5. The van der Waals surface area contributed by atoms with Crippen molar-refractivity contribution in [3.05, 3.63) is 88.9 Å². The average Bonchev–Trinajstić information content (AvgIpc) is 3.73. The van der Waals surface area contributed by atoms with Crippen molar-refractivity contribution in [2.24, 2.45) is 6.98 Å². The van der Waals surface area contributed by atoms with Gasteiger partial charge in [-0.05, 0) is 24.3 Å². The van der Waals surface area contributed by atoms with E-state index in [0.29, 0.717) is 15.6 Å². The van der Waals surface area contributed by atoms with Crippen LogP contribution in [0.5, 0.6) is 0 Å². The summed E-state index contributed by atoms with van der Waals surface area (Å²) in [6.07, 6.45) is 0.355. The van der Waals surface area contributed by atoms with Gasteiger partial charge < -0.3 is 14.5 Å². The quantitative estimate of drug-likeness (QED) is 0.128. The number of benzene rings is 1. The number of ether oxygens (including phenoxy) is 1. The van der Waals surface area contributed by atoms with Crippen molar-refractivity contribution in [2.75, 3.05) is 6.61 Å². The van der Waals surface area contributed by atoms with E-state index in [9.17, 15) is 27.2 Å². The number of hydrogen-bond acceptors (Lipinski definition) is 6. The normalized spacial score (nSPS) is 14.1. The molecule has 0 N–H and O–H groups in total. The Balaban J connectivity index is 1.56. The zero-order valence-electron chi connectivity index (χ0n) is 23.9. The predicted molar refractivity (Wildman–Crippen MR) is 135 cm³/mol. The van der Waals surface area contributed by atoms with Crippen molar-refractivity contribution < 1.29 is 39.9 Å². The van der Waals surface area contributed by atoms with Gasteiger partial charge >= 0.3 is 12.8 Å². The topological polar surface area (TPSA) is 103 Å². The number of aryl methyl sites for hydroxylation is 1. The van der Waals surface area contributed by atoms with Gasteiger partial charge in [0.25, 0.3) is 0 Å². The minimum Gasteiger partial charge on any atom is -0.618 e. The lowest BCUT2D eigenvalue weighted by Gasteiger charge is -2.19. The highest BCUT2D eigenvalue weighted by molar-refractivity contribution is 6.31. The monoisotopic (exact) mass is 615 g/mol. The van der Waals surface area contributed by atoms with Crippen molar-refractivity contribution in [1.82, 2.24) is 34.3 Å². The molecular weight excluding hydrogens is 594 g/mol. The number of aromatic nitrogens is 8. The molecule has 0 fully saturated rings. The van der Waals surface area contributed by atoms with Crippen molar-refractivity contribution in [2.45, 2.75) is 25.3 Å². The van der Waals surface area contributed by atoms with Crippen LogP contribution in [0.3, 0.4) is 0 Å². The minimum absolute atomic E-state index is 0.0472. The second-order valence-electron chi connectivity index (χ2n) is 8.74. The lowest BCUT2D eigenvalue weighted by Crippen LogP contribution is -2.35. The number of imidazole rings is 1. The molecule has 0 unspecified atom stereocenters. The molecule has 1 atom stereocenters. The van der Waals surface area contributed by atoms with Crippen LogP contribution in [0, 0.1) is 11.0 Å². The van der Waals surface area contributed by atoms with Gasteiger partial charge in [0.1, 0.15) is 11.7 Å². The molecule has 5 aromatic rings. The molecule has 10 nitrogen and oxygen atoms in total. The Kier molecular flexibility index (Phi) is 6.89. The van der Waals surface area contributed by atoms with Crippen LogP contribution in [0.15, 0.2) is 61.4 Å². The molecular formula is C25H19ClF6N8O2. The van der Waals surface area contributed by atoms with E-state index in [0.717, 1.165) is 16.9 Å². The van der Waals surface area contributed by atoms with Crippen LogP contribution in [0.2, 0.25) is 5.02 Å². The summed E-state index contributed by atoms with van der Waals surface area (Å²) in [6.45, 7) is -6.24. The molecule has 4 heterocycles. The summed E-state index contributed by atoms with van der Waals surface area (Å²) in [6, 6.07) is 5.23. The second-order valence-corrected chi connectivity index (χ2v) is 9.15. The van der Waals surface area contributed by atoms with E-state index in [1.807, 2.05) is 0 Å². The fraction of sp³-hybridized carbons (Fsp3) is 0.240. The fourth-order valence-corrected chi connectivity index (χ4v) is 4.43. The smallest absolute Gasteiger partial charge is 0.436 e. The van der Waals surface area contributed by atoms with Gasteiger partial charge in [0.15, 0.2) is 17.7 Å². The van der Waals surface area contributed by atoms with E-state index in [4.69, 9.17) is 15.7 Å². The van der Waals surface area contributed by atoms with Gasteiger partial charge in [-0.25, -0.2) is 14.1 Å². The van der Waals surface area contributed by atoms with Crippen LogP contribution in [0.25, 0.3) is 28.2 Å². The van der Waals surface area contributed by atoms with Crippen molar-refractivity contribution >= 4 is 11.6 Å². The molecule has 0 bridgehead atoms. The summed E-state index contributed by atoms with van der Waals surface area (Å²) >= 11 is 5.96. The van der Waals surface area contributed by atoms with Crippen LogP contribution in [0.1, 0.15) is 28.0 Å². The maximum atomic E-state index is 15.4. The third-order valence-corrected chi connectivity index (χ3v) is 6.47. The van der Waals surface area contributed by atoms with Gasteiger partial charge in [0.05, 0.1) is 46.7 Å². The van der Waals surface area contributed by atoms with Crippen LogP contribution in [-0.4, -0.2) is 47.5 Å². The first kappa shape index (κ1) is 25.3. The Morgan fingerprint density at radius 3 is 2.67 bits per heavy atom. The maximum absolute atomic E-state index is 15.4. The van der Waals surface area contributed by atoms with Crippen LogP contribution in [-0.2, 0) is 17.9 Å². The van der Waals surface area contributed by atoms with Crippen LogP contribution >= 0.6 is 11.6 Å². The maximum Gasteiger partial charge on any atom is 0.436 e. The summed E-state index contributed by atoms with van der Waals surface area (Å²) in [7, 11) is 0. The van der Waals surface area contributed by atoms with Gasteiger partial charge in [0, 0.05) is 36.0 Å². The van der Waals surface area contributed by atoms with Crippen molar-refractivity contribution in [3.63, 3.8) is 0 Å². The molecule has 0 spiro atoms. The molecule has 220 valence electrons. The largest absolute Gasteiger partial charge is 0.618 e. The van der Waals surface area contributed by atoms with Gasteiger partial charge in [0.2, 0.25) is 5.69 Å². The van der Waals surface area contributed by atoms with Crippen molar-refractivity contribution in [3.8, 4) is 28.2 Å². The van der Waals surface area contributed by atoms with Gasteiger partial charge in [-0.2, -0.15) is 31.8 Å². The summed E-state index contributed by atoms with van der Waals surface area (Å²) in [5.74, 6) is -1.06. The summed E-state index contributed by atoms with van der Waals surface area (Å²) in [5, 5.41) is 23.3. The number of hydrogen-bond donors (Lipinski definition) is 0. The molecule has 1 aromatic carbocycles. The Hall–Kier alpha value is -4.44. The zero-order valence-corrected chi connectivity index (χ0v) is 21.6. The zero-order chi connectivity index (χ0) is 32.7. The molecule has 0 radical (unpaired) electrons. The third-order valence-electron chi connectivity index (χ3n) is 6.18. The number of nitrogens with zero attached hydrogens (tertiary/aromatic N) is 8. The van der Waals surface area contributed by atoms with E-state index in [-0.39, 0.29) is 40.3 Å². The molecule has 0 saturated heterocycles. The summed E-state index contributed by atoms with van der Waals surface area (Å²) in [4.78, 5) is 4.19. The first-order chi connectivity index (χ1) is 21.1. The summed E-state index contributed by atoms with van der Waals surface area (Å²) < 4.78 is 111. The van der Waals surface area contributed by atoms with E-state index < -0.39 is 48.9 Å². The third kappa shape index (κ3) is 5.80. The average molecular weight is 616 g/mol. The van der Waals surface area contributed by atoms with Crippen LogP contribution < -0.4 is 4.73 Å². The number of rotatable bonds is 9. The van der Waals surface area contributed by atoms with E-state index in [1.54, 1.807) is 0 Å². The molecule has 42 heavy (non-hydrogen) atoms. The Morgan fingerprint density at radius 1 is 1.17 bits per heavy atom. The van der Waals surface area contributed by atoms with Crippen LogP contribution in [0.4, 0.5) is 26.3 Å². The van der Waals surface area contributed by atoms with Gasteiger partial charge in [-0.3, -0.25) is 4.68 Å². The van der Waals surface area contributed by atoms with E-state index in [2.05, 4.69) is 25.1 Å². The minimum atomic E-state index is -4.83. The predicted octanol–water partition coefficient (Wildman–Crippen LogP) is 5.19. The first-order valence-electron chi connectivity index (χ1n) is 13.3. The molecule has 0 aliphatic rings. The van der Waals surface area contributed by atoms with E-state index in [1.165, 1.54) is 47.6 Å². The lowest BCUT2D eigenvalue weighted by molar-refractivity contribution is -0.615. The van der Waals surface area contributed by atoms with Gasteiger partial charge in [-0.15, -0.1) is 5.10 Å². The Morgan fingerprint density at radius 2 is 1.98 bits per heavy atom. The van der Waals surface area contributed by atoms with Gasteiger partial charge in [-0.1, -0.05) is 16.8 Å². The van der Waals surface area contributed by atoms with E-state index >= 15 is 4.39 Å². The standard InChI is InChI=1S/C25H19ClF6N8O2/c1-37-17(6-8-34-37)16-11-38(13-33-16)18(7-9-42-24(28)29)19-4-2-14(10-40(19)41)22-20(5-3-15(26)23(22)27)39-12-21(35-36-39)25(30,31)32/h2-6,8,10-13,18,24H,7,9H2,1H3/t18-/m0/s1/i1D3. The highest BCUT2D eigenvalue weighted by Crippen LogP contribution is 2.35. The molecule has 4 aromatic heterocycles. The lowest BCUT2D eigenvalue weighted by atomic mass is 10.0. The molecule has 0 amide bonds. The Bertz CT molecular complexity index is 1820. The summed E-state index contributed by atoms with van der Waals surface area (Å²) in [5.41, 5.74) is -1.80. The molecule has 0 aliphatic carbocycles.